The number of nitrogens with one attached hydrogen (secondary N) is 2. The van der Waals surface area contributed by atoms with Gasteiger partial charge in [0, 0.05) is 51.5 Å². The van der Waals surface area contributed by atoms with Gasteiger partial charge in [-0.1, -0.05) is 57.2 Å². The third-order valence-electron chi connectivity index (χ3n) is 12.3. The molecular formula is C43H73N5O13. The lowest BCUT2D eigenvalue weighted by Gasteiger charge is -2.54. The number of hydrogen-bond donors (Lipinski definition) is 7. The number of nitrogens with two attached hydrogens (primary N) is 2. The molecule has 0 unspecified atom stereocenters. The minimum atomic E-state index is -1.70. The average molecular weight is 868 g/mol. The molecule has 0 aromatic heterocycles. The molecule has 0 saturated carbocycles. The highest BCUT2D eigenvalue weighted by Gasteiger charge is 2.57. The quantitative estimate of drug-likeness (QED) is 0.0271. The molecule has 4 aliphatic heterocycles. The third-order valence-corrected chi connectivity index (χ3v) is 12.3. The van der Waals surface area contributed by atoms with Gasteiger partial charge >= 0.3 is 5.97 Å². The summed E-state index contributed by atoms with van der Waals surface area (Å²) in [7, 11) is 2.98. The van der Waals surface area contributed by atoms with E-state index in [9.17, 15) is 24.9 Å². The van der Waals surface area contributed by atoms with E-state index in [-0.39, 0.29) is 49.8 Å². The molecule has 4 heterocycles. The van der Waals surface area contributed by atoms with Gasteiger partial charge in [-0.05, 0) is 59.3 Å². The number of rotatable bonds is 22. The molecule has 9 N–H and O–H groups in total. The van der Waals surface area contributed by atoms with Gasteiger partial charge in [-0.25, -0.2) is 0 Å². The lowest BCUT2D eigenvalue weighted by atomic mass is 9.72. The van der Waals surface area contributed by atoms with Crippen molar-refractivity contribution in [1.82, 2.24) is 10.6 Å². The van der Waals surface area contributed by atoms with Crippen LogP contribution in [0.4, 0.5) is 0 Å². The Kier molecular flexibility index (Phi) is 18.7. The number of nitrogens with zero attached hydrogens (tertiary/aromatic N) is 1. The fraction of sp³-hybridized carbons (Fsp3) is 0.791. The van der Waals surface area contributed by atoms with Crippen LogP contribution in [-0.2, 0) is 47.5 Å². The van der Waals surface area contributed by atoms with Crippen LogP contribution >= 0.6 is 0 Å². The van der Waals surface area contributed by atoms with E-state index in [1.165, 1.54) is 7.11 Å². The van der Waals surface area contributed by atoms with Gasteiger partial charge in [0.1, 0.15) is 25.0 Å². The second-order valence-electron chi connectivity index (χ2n) is 17.6. The first-order valence-corrected chi connectivity index (χ1v) is 21.4. The summed E-state index contributed by atoms with van der Waals surface area (Å²) in [4.78, 5) is 29.1. The fourth-order valence-electron chi connectivity index (χ4n) is 8.67. The van der Waals surface area contributed by atoms with Gasteiger partial charge < -0.3 is 75.3 Å². The van der Waals surface area contributed by atoms with E-state index in [1.807, 2.05) is 65.8 Å². The van der Waals surface area contributed by atoms with E-state index in [2.05, 4.69) is 22.2 Å². The molecule has 0 aliphatic carbocycles. The second-order valence-corrected chi connectivity index (χ2v) is 17.6. The van der Waals surface area contributed by atoms with Crippen LogP contribution in [0.15, 0.2) is 41.4 Å². The topological polar surface area (TPSA) is 257 Å². The molecule has 18 heteroatoms. The SMILES string of the molecule is C=C1C[C@](OC)([C@H](O)C(=O)N[C@H]2OCO[C@H]3[C@@H]2O[C@H](C[C@H](O)CCC[C@H]2OC(C)(C)O[C@H]2C/C=C/C=C/CN[C@@H](CCCN=C(N)N)C(=O)O)C(C)(C)[C@@H]3OC)O[C@H](C)[C@@H]1C. The number of carbonyl (C=O) groups excluding carboxylic acids is 1. The molecule has 13 atom stereocenters. The van der Waals surface area contributed by atoms with E-state index >= 15 is 0 Å². The zero-order chi connectivity index (χ0) is 45.1. The van der Waals surface area contributed by atoms with E-state index in [0.29, 0.717) is 51.6 Å². The maximum Gasteiger partial charge on any atom is 0.320 e. The number of guanidine groups is 1. The van der Waals surface area contributed by atoms with Gasteiger partial charge in [0.15, 0.2) is 24.1 Å². The Bertz CT molecular complexity index is 1540. The number of aliphatic hydroxyl groups excluding tert-OH is 2. The van der Waals surface area contributed by atoms with E-state index in [0.717, 1.165) is 5.57 Å². The lowest BCUT2D eigenvalue weighted by Crippen LogP contribution is -2.69. The molecular weight excluding hydrogens is 794 g/mol. The molecule has 348 valence electrons. The zero-order valence-electron chi connectivity index (χ0n) is 37.2. The van der Waals surface area contributed by atoms with Crippen molar-refractivity contribution in [2.45, 2.75) is 172 Å². The van der Waals surface area contributed by atoms with Crippen LogP contribution in [0.5, 0.6) is 0 Å². The summed E-state index contributed by atoms with van der Waals surface area (Å²) < 4.78 is 48.7. The van der Waals surface area contributed by atoms with Crippen molar-refractivity contribution in [2.24, 2.45) is 27.8 Å². The van der Waals surface area contributed by atoms with Crippen molar-refractivity contribution < 1.29 is 62.8 Å². The Morgan fingerprint density at radius 1 is 1.00 bits per heavy atom. The van der Waals surface area contributed by atoms with Gasteiger partial charge in [-0.3, -0.25) is 14.6 Å². The van der Waals surface area contributed by atoms with E-state index in [1.54, 1.807) is 7.11 Å². The number of carboxylic acid groups (broad SMARTS) is 1. The van der Waals surface area contributed by atoms with Crippen molar-refractivity contribution in [3.63, 3.8) is 0 Å². The number of carbonyl (C=O) groups is 2. The first kappa shape index (κ1) is 50.6. The molecule has 4 fully saturated rings. The number of amides is 1. The summed E-state index contributed by atoms with van der Waals surface area (Å²) in [5.74, 6) is -4.07. The summed E-state index contributed by atoms with van der Waals surface area (Å²) in [6, 6.07) is -0.708. The summed E-state index contributed by atoms with van der Waals surface area (Å²) in [6.07, 6.45) is 4.78. The van der Waals surface area contributed by atoms with Gasteiger partial charge in [-0.2, -0.15) is 0 Å². The molecule has 0 aromatic rings. The predicted molar refractivity (Wildman–Crippen MR) is 226 cm³/mol. The predicted octanol–water partition coefficient (Wildman–Crippen LogP) is 2.36. The van der Waals surface area contributed by atoms with Crippen molar-refractivity contribution in [2.75, 3.05) is 34.1 Å². The first-order valence-electron chi connectivity index (χ1n) is 21.4. The Labute approximate surface area is 360 Å². The maximum atomic E-state index is 13.6. The molecule has 0 aromatic carbocycles. The zero-order valence-corrected chi connectivity index (χ0v) is 37.2. The number of aliphatic imine (C=N–C) groups is 1. The summed E-state index contributed by atoms with van der Waals surface area (Å²) in [5, 5.41) is 38.0. The molecule has 0 spiro atoms. The Morgan fingerprint density at radius 2 is 1.70 bits per heavy atom. The molecule has 4 aliphatic rings. The lowest BCUT2D eigenvalue weighted by molar-refractivity contribution is -0.332. The Balaban J connectivity index is 1.29. The normalized spacial score (nSPS) is 33.9. The van der Waals surface area contributed by atoms with Crippen LogP contribution in [-0.4, -0.2) is 146 Å². The van der Waals surface area contributed by atoms with Crippen molar-refractivity contribution in [3.05, 3.63) is 36.5 Å². The summed E-state index contributed by atoms with van der Waals surface area (Å²) >= 11 is 0. The van der Waals surface area contributed by atoms with Crippen LogP contribution in [0.3, 0.4) is 0 Å². The van der Waals surface area contributed by atoms with Gasteiger partial charge in [0.2, 0.25) is 5.79 Å². The number of fused-ring (bicyclic) bond motifs is 1. The standard InChI is InChI=1S/C43H73N5O13/c1-25-23-43(55-9,59-27(3)26(25)2)35(50)37(51)48-38-34-33(56-24-57-38)36(54-8)41(4,5)32(58-34)22-28(49)16-14-19-31-30(60-42(6,7)61-31)18-12-10-11-13-20-46-29(39(52)53)17-15-21-47-40(44)45/h10-13,26-36,38,46,49-50H,1,14-24H2,2-9H3,(H,48,51)(H,52,53)(H4,44,45,47)/b12-10+,13-11+/t26-,27-,28-,29+,30+,31-,32-,33+,34+,35-,36-,38+,43-/m1/s1. The Hall–Kier alpha value is -3.01. The first-order chi connectivity index (χ1) is 28.7. The number of methoxy groups -OCH3 is 2. The fourth-order valence-corrected chi connectivity index (χ4v) is 8.67. The third kappa shape index (κ3) is 13.5. The highest BCUT2D eigenvalue weighted by Crippen LogP contribution is 2.44. The van der Waals surface area contributed by atoms with Crippen molar-refractivity contribution >= 4 is 17.8 Å². The average Bonchev–Trinajstić information content (AvgIpc) is 3.49. The van der Waals surface area contributed by atoms with Gasteiger partial charge in [0.25, 0.3) is 5.91 Å². The van der Waals surface area contributed by atoms with Crippen LogP contribution < -0.4 is 22.1 Å². The van der Waals surface area contributed by atoms with E-state index in [4.69, 9.17) is 49.4 Å². The highest BCUT2D eigenvalue weighted by atomic mass is 16.8. The maximum absolute atomic E-state index is 13.6. The summed E-state index contributed by atoms with van der Waals surface area (Å²) in [5.41, 5.74) is 10.9. The largest absolute Gasteiger partial charge is 0.480 e. The van der Waals surface area contributed by atoms with Crippen LogP contribution in [0.2, 0.25) is 0 Å². The van der Waals surface area contributed by atoms with Crippen molar-refractivity contribution in [3.8, 4) is 0 Å². The number of allylic oxidation sites excluding steroid dienone is 2. The minimum absolute atomic E-state index is 0.0154. The number of ether oxygens (including phenoxy) is 8. The molecule has 4 rings (SSSR count). The van der Waals surface area contributed by atoms with Crippen LogP contribution in [0.1, 0.15) is 92.9 Å². The molecule has 0 radical (unpaired) electrons. The second kappa shape index (κ2) is 22.6. The molecule has 61 heavy (non-hydrogen) atoms. The van der Waals surface area contributed by atoms with E-state index < -0.39 is 77.8 Å². The van der Waals surface area contributed by atoms with Crippen LogP contribution in [0, 0.1) is 11.3 Å². The molecule has 4 saturated heterocycles. The monoisotopic (exact) mass is 868 g/mol. The Morgan fingerprint density at radius 3 is 2.36 bits per heavy atom. The molecule has 18 nitrogen and oxygen atoms in total. The number of carboxylic acids is 1. The minimum Gasteiger partial charge on any atom is -0.480 e. The number of hydrogen-bond acceptors (Lipinski definition) is 14. The van der Waals surface area contributed by atoms with Crippen molar-refractivity contribution in [1.29, 1.82) is 0 Å². The van der Waals surface area contributed by atoms with Gasteiger partial charge in [-0.15, -0.1) is 0 Å². The smallest absolute Gasteiger partial charge is 0.320 e. The van der Waals surface area contributed by atoms with Gasteiger partial charge in [0.05, 0.1) is 36.6 Å². The highest BCUT2D eigenvalue weighted by molar-refractivity contribution is 5.82. The summed E-state index contributed by atoms with van der Waals surface area (Å²) in [6.45, 7) is 16.3. The number of aliphatic carboxylic acids is 1. The molecule has 1 amide bonds. The van der Waals surface area contributed by atoms with Crippen LogP contribution in [0.25, 0.3) is 0 Å². The molecule has 0 bridgehead atoms. The number of aliphatic hydroxyl groups is 2.